The fourth-order valence-electron chi connectivity index (χ4n) is 9.95. The number of likely N-dealkylation sites (tertiary alicyclic amines) is 1. The predicted octanol–water partition coefficient (Wildman–Crippen LogP) is 5.92. The largest absolute Gasteiger partial charge is 0.490 e. The molecule has 2 bridgehead atoms. The maximum atomic E-state index is 13.3. The van der Waals surface area contributed by atoms with Gasteiger partial charge in [-0.1, -0.05) is 23.4 Å². The number of imide groups is 2. The maximum Gasteiger partial charge on any atom is 0.262 e. The molecule has 0 saturated carbocycles. The smallest absolute Gasteiger partial charge is 0.262 e. The van der Waals surface area contributed by atoms with Crippen molar-refractivity contribution in [2.45, 2.75) is 94.5 Å². The molecule has 0 aliphatic carbocycles. The molecule has 3 aromatic carbocycles. The first-order chi connectivity index (χ1) is 27.7. The van der Waals surface area contributed by atoms with Gasteiger partial charge in [-0.15, -0.1) is 0 Å². The number of hydrogen-bond donors (Lipinski definition) is 1. The number of benzene rings is 3. The van der Waals surface area contributed by atoms with E-state index in [9.17, 15) is 24.4 Å². The van der Waals surface area contributed by atoms with Crippen LogP contribution in [0.1, 0.15) is 96.1 Å². The molecule has 5 fully saturated rings. The molecule has 6 heterocycles. The van der Waals surface area contributed by atoms with Crippen LogP contribution in [0, 0.1) is 29.1 Å². The van der Waals surface area contributed by atoms with Gasteiger partial charge in [-0.2, -0.15) is 5.26 Å². The van der Waals surface area contributed by atoms with Gasteiger partial charge in [-0.05, 0) is 119 Å². The summed E-state index contributed by atoms with van der Waals surface area (Å²) in [5, 5.41) is 12.0. The van der Waals surface area contributed by atoms with Crippen LogP contribution in [0.25, 0.3) is 0 Å². The number of amides is 4. The summed E-state index contributed by atoms with van der Waals surface area (Å²) in [6.45, 7) is 3.77. The van der Waals surface area contributed by atoms with Crippen LogP contribution in [0.2, 0.25) is 5.02 Å². The summed E-state index contributed by atoms with van der Waals surface area (Å²) in [7, 11) is 0. The molecule has 1 N–H and O–H groups in total. The maximum absolute atomic E-state index is 13.3. The van der Waals surface area contributed by atoms with Gasteiger partial charge in [0.05, 0.1) is 21.7 Å². The number of hydrogen-bond acceptors (Lipinski definition) is 9. The molecule has 0 radical (unpaired) electrons. The van der Waals surface area contributed by atoms with Crippen molar-refractivity contribution in [2.75, 3.05) is 36.0 Å². The zero-order valence-electron chi connectivity index (χ0n) is 31.8. The SMILES string of the molecule is N#Cc1ccc(N2C3CCC2CC(Oc2ccc(C#CC4CCN(C5CCN(c6ccc7c(c6)C(=O)N(C6CCC(=O)NC6=O)C7=O)CC5)CC4)cc2)C3)cc1Cl. The Kier molecular flexibility index (Phi) is 10.1. The highest BCUT2D eigenvalue weighted by Crippen LogP contribution is 2.41. The van der Waals surface area contributed by atoms with Gasteiger partial charge in [0, 0.05) is 73.3 Å². The summed E-state index contributed by atoms with van der Waals surface area (Å²) >= 11 is 6.36. The highest BCUT2D eigenvalue weighted by atomic mass is 35.5. The van der Waals surface area contributed by atoms with Gasteiger partial charge in [0.1, 0.15) is 24.0 Å². The minimum Gasteiger partial charge on any atom is -0.490 e. The number of nitrogens with one attached hydrogen (secondary N) is 1. The van der Waals surface area contributed by atoms with Gasteiger partial charge < -0.3 is 19.4 Å². The third-order valence-electron chi connectivity index (χ3n) is 12.9. The Morgan fingerprint density at radius 1 is 0.737 bits per heavy atom. The van der Waals surface area contributed by atoms with Crippen molar-refractivity contribution in [1.82, 2.24) is 15.1 Å². The minimum absolute atomic E-state index is 0.101. The molecule has 0 spiro atoms. The lowest BCUT2D eigenvalue weighted by molar-refractivity contribution is -0.136. The Morgan fingerprint density at radius 2 is 1.44 bits per heavy atom. The number of halogens is 1. The van der Waals surface area contributed by atoms with E-state index in [1.807, 2.05) is 36.4 Å². The number of piperidine rings is 4. The first-order valence-corrected chi connectivity index (χ1v) is 20.7. The van der Waals surface area contributed by atoms with Crippen molar-refractivity contribution >= 4 is 46.6 Å². The first-order valence-electron chi connectivity index (χ1n) is 20.3. The van der Waals surface area contributed by atoms with E-state index in [1.54, 1.807) is 12.1 Å². The number of carbonyl (C=O) groups is 4. The van der Waals surface area contributed by atoms with E-state index >= 15 is 0 Å². The highest BCUT2D eigenvalue weighted by molar-refractivity contribution is 6.32. The number of ether oxygens (including phenoxy) is 1. The molecule has 11 nitrogen and oxygen atoms in total. The van der Waals surface area contributed by atoms with E-state index in [4.69, 9.17) is 16.3 Å². The zero-order valence-corrected chi connectivity index (χ0v) is 32.5. The Morgan fingerprint density at radius 3 is 2.12 bits per heavy atom. The van der Waals surface area contributed by atoms with Crippen molar-refractivity contribution in [3.63, 3.8) is 0 Å². The fraction of sp³-hybridized carbons (Fsp3) is 0.444. The van der Waals surface area contributed by atoms with Gasteiger partial charge >= 0.3 is 0 Å². The van der Waals surface area contributed by atoms with E-state index in [0.717, 1.165) is 105 Å². The van der Waals surface area contributed by atoms with E-state index in [1.165, 1.54) is 0 Å². The van der Waals surface area contributed by atoms with Crippen LogP contribution in [0.15, 0.2) is 60.7 Å². The average Bonchev–Trinajstić information content (AvgIpc) is 3.64. The molecule has 6 aliphatic rings. The predicted molar refractivity (Wildman–Crippen MR) is 215 cm³/mol. The van der Waals surface area contributed by atoms with Gasteiger partial charge in [0.25, 0.3) is 11.8 Å². The number of rotatable bonds is 6. The molecular weight excluding hydrogens is 740 g/mol. The molecule has 292 valence electrons. The van der Waals surface area contributed by atoms with Crippen molar-refractivity contribution in [1.29, 1.82) is 5.26 Å². The van der Waals surface area contributed by atoms with Crippen LogP contribution < -0.4 is 19.9 Å². The molecule has 0 aromatic heterocycles. The van der Waals surface area contributed by atoms with E-state index in [-0.39, 0.29) is 24.9 Å². The average molecular weight is 785 g/mol. The molecule has 5 saturated heterocycles. The van der Waals surface area contributed by atoms with Crippen LogP contribution in [0.3, 0.4) is 0 Å². The molecule has 9 rings (SSSR count). The lowest BCUT2D eigenvalue weighted by atomic mass is 9.93. The van der Waals surface area contributed by atoms with Gasteiger partial charge in [0.2, 0.25) is 11.8 Å². The van der Waals surface area contributed by atoms with Crippen molar-refractivity contribution < 1.29 is 23.9 Å². The quantitative estimate of drug-likeness (QED) is 0.240. The third-order valence-corrected chi connectivity index (χ3v) is 13.3. The molecule has 6 aliphatic heterocycles. The number of anilines is 2. The minimum atomic E-state index is -0.962. The van der Waals surface area contributed by atoms with E-state index < -0.39 is 23.8 Å². The highest BCUT2D eigenvalue weighted by Gasteiger charge is 2.45. The third kappa shape index (κ3) is 7.35. The monoisotopic (exact) mass is 784 g/mol. The summed E-state index contributed by atoms with van der Waals surface area (Å²) in [5.41, 5.74) is 4.15. The van der Waals surface area contributed by atoms with Crippen LogP contribution in [-0.4, -0.2) is 89.9 Å². The molecule has 3 atom stereocenters. The fourth-order valence-corrected chi connectivity index (χ4v) is 10.2. The van der Waals surface area contributed by atoms with Gasteiger partial charge in [0.15, 0.2) is 0 Å². The summed E-state index contributed by atoms with van der Waals surface area (Å²) in [6, 6.07) is 21.9. The van der Waals surface area contributed by atoms with Gasteiger partial charge in [-0.25, -0.2) is 0 Å². The second kappa shape index (κ2) is 15.5. The first kappa shape index (κ1) is 37.2. The number of carbonyl (C=O) groups excluding carboxylic acids is 4. The zero-order chi connectivity index (χ0) is 39.2. The summed E-state index contributed by atoms with van der Waals surface area (Å²) in [5.74, 6) is 6.30. The Bertz CT molecular complexity index is 2200. The van der Waals surface area contributed by atoms with Crippen LogP contribution in [0.5, 0.6) is 5.75 Å². The number of nitriles is 1. The molecule has 57 heavy (non-hydrogen) atoms. The lowest BCUT2D eigenvalue weighted by Crippen LogP contribution is -2.54. The molecular formula is C45H45ClN6O5. The Balaban J connectivity index is 0.728. The topological polar surface area (TPSA) is 126 Å². The second-order valence-corrected chi connectivity index (χ2v) is 16.7. The summed E-state index contributed by atoms with van der Waals surface area (Å²) < 4.78 is 6.49. The molecule has 3 aromatic rings. The van der Waals surface area contributed by atoms with Crippen molar-refractivity contribution in [3.05, 3.63) is 87.9 Å². The second-order valence-electron chi connectivity index (χ2n) is 16.3. The Hall–Kier alpha value is -5.36. The summed E-state index contributed by atoms with van der Waals surface area (Å²) in [6.07, 6.45) is 8.74. The lowest BCUT2D eigenvalue weighted by Gasteiger charge is -2.42. The Labute approximate surface area is 337 Å². The van der Waals surface area contributed by atoms with Crippen LogP contribution >= 0.6 is 11.6 Å². The molecule has 3 unspecified atom stereocenters. The number of fused-ring (bicyclic) bond motifs is 3. The normalized spacial score (nSPS) is 25.5. The molecule has 12 heteroatoms. The molecule has 4 amide bonds. The van der Waals surface area contributed by atoms with E-state index in [0.29, 0.717) is 45.8 Å². The van der Waals surface area contributed by atoms with Crippen molar-refractivity contribution in [2.24, 2.45) is 5.92 Å². The van der Waals surface area contributed by atoms with Crippen molar-refractivity contribution in [3.8, 4) is 23.7 Å². The van der Waals surface area contributed by atoms with Crippen LogP contribution in [-0.2, 0) is 9.59 Å². The van der Waals surface area contributed by atoms with E-state index in [2.05, 4.69) is 50.1 Å². The van der Waals surface area contributed by atoms with Crippen LogP contribution in [0.4, 0.5) is 11.4 Å². The standard InChI is InChI=1S/C45H45ClN6O5/c46-40-26-35(6-5-30(40)27-47)51-33-7-8-34(51)24-37(23-33)57-36-10-3-28(4-11-36)1-2-29-15-19-49(20-16-29)31-17-21-50(22-18-31)32-9-12-38-39(25-32)45(56)52(44(38)55)41-13-14-42(53)48-43(41)54/h3-6,9-12,25-26,29,31,33-34,37,41H,7-8,13-24H2,(H,48,53,54). The van der Waals surface area contributed by atoms with Gasteiger partial charge in [-0.3, -0.25) is 29.4 Å². The number of nitrogens with zero attached hydrogens (tertiary/aromatic N) is 5. The summed E-state index contributed by atoms with van der Waals surface area (Å²) in [4.78, 5) is 58.9.